The Morgan fingerprint density at radius 1 is 1.26 bits per heavy atom. The molecule has 1 rings (SSSR count). The minimum absolute atomic E-state index is 0.495. The van der Waals surface area contributed by atoms with Gasteiger partial charge in [-0.05, 0) is 31.0 Å². The van der Waals surface area contributed by atoms with Gasteiger partial charge in [-0.2, -0.15) is 0 Å². The summed E-state index contributed by atoms with van der Waals surface area (Å²) in [5.74, 6) is 0. The first-order valence-corrected chi connectivity index (χ1v) is 7.73. The minimum Gasteiger partial charge on any atom is -0.372 e. The monoisotopic (exact) mass is 282 g/mol. The number of rotatable bonds is 8. The van der Waals surface area contributed by atoms with E-state index in [1.807, 2.05) is 6.07 Å². The zero-order chi connectivity index (χ0) is 14.3. The van der Waals surface area contributed by atoms with Crippen LogP contribution in [0.5, 0.6) is 0 Å². The van der Waals surface area contributed by atoms with Gasteiger partial charge in [0.2, 0.25) is 0 Å². The van der Waals surface area contributed by atoms with Gasteiger partial charge in [-0.25, -0.2) is 0 Å². The highest BCUT2D eigenvalue weighted by Gasteiger charge is 2.10. The molecular weight excluding hydrogens is 256 g/mol. The van der Waals surface area contributed by atoms with Crippen LogP contribution in [0.2, 0.25) is 5.02 Å². The lowest BCUT2D eigenvalue weighted by molar-refractivity contribution is 0.587. The van der Waals surface area contributed by atoms with Crippen molar-refractivity contribution < 1.29 is 0 Å². The van der Waals surface area contributed by atoms with Crippen LogP contribution in [0.15, 0.2) is 18.2 Å². The summed E-state index contributed by atoms with van der Waals surface area (Å²) < 4.78 is 0. The Hall–Kier alpha value is -0.730. The molecule has 0 bridgehead atoms. The van der Waals surface area contributed by atoms with Gasteiger partial charge in [0.15, 0.2) is 0 Å². The van der Waals surface area contributed by atoms with E-state index in [9.17, 15) is 0 Å². The molecule has 2 nitrogen and oxygen atoms in total. The summed E-state index contributed by atoms with van der Waals surface area (Å²) in [5, 5.41) is 4.30. The van der Waals surface area contributed by atoms with Crippen molar-refractivity contribution in [3.63, 3.8) is 0 Å². The molecule has 0 unspecified atom stereocenters. The van der Waals surface area contributed by atoms with Crippen molar-refractivity contribution in [3.05, 3.63) is 28.8 Å². The van der Waals surface area contributed by atoms with Crippen molar-refractivity contribution in [2.24, 2.45) is 0 Å². The van der Waals surface area contributed by atoms with Gasteiger partial charge in [0.1, 0.15) is 0 Å². The third-order valence-electron chi connectivity index (χ3n) is 3.25. The van der Waals surface area contributed by atoms with Crippen molar-refractivity contribution in [3.8, 4) is 0 Å². The molecule has 0 radical (unpaired) electrons. The smallest absolute Gasteiger partial charge is 0.0426 e. The average Bonchev–Trinajstić information content (AvgIpc) is 2.38. The fourth-order valence-electron chi connectivity index (χ4n) is 2.09. The molecule has 0 atom stereocenters. The first-order chi connectivity index (χ1) is 9.08. The molecule has 1 aromatic carbocycles. The maximum absolute atomic E-state index is 6.17. The molecule has 0 fully saturated rings. The van der Waals surface area contributed by atoms with Gasteiger partial charge in [0.25, 0.3) is 0 Å². The molecule has 1 aromatic rings. The number of halogens is 1. The molecule has 0 saturated carbocycles. The van der Waals surface area contributed by atoms with Crippen LogP contribution < -0.4 is 10.2 Å². The molecule has 108 valence electrons. The van der Waals surface area contributed by atoms with Crippen LogP contribution >= 0.6 is 11.6 Å². The van der Waals surface area contributed by atoms with Crippen LogP contribution in [-0.4, -0.2) is 19.1 Å². The van der Waals surface area contributed by atoms with Crippen LogP contribution in [0.1, 0.15) is 46.1 Å². The van der Waals surface area contributed by atoms with Crippen molar-refractivity contribution in [2.75, 3.05) is 18.0 Å². The Morgan fingerprint density at radius 3 is 2.58 bits per heavy atom. The number of benzene rings is 1. The van der Waals surface area contributed by atoms with E-state index in [-0.39, 0.29) is 0 Å². The number of nitrogens with one attached hydrogen (secondary N) is 1. The Balaban J connectivity index is 2.90. The first kappa shape index (κ1) is 16.3. The molecule has 0 aromatic heterocycles. The zero-order valence-corrected chi connectivity index (χ0v) is 13.4. The number of hydrogen-bond donors (Lipinski definition) is 1. The topological polar surface area (TPSA) is 15.3 Å². The number of nitrogens with zero attached hydrogens (tertiary/aromatic N) is 1. The molecule has 3 heteroatoms. The minimum atomic E-state index is 0.495. The fraction of sp³-hybridized carbons (Fsp3) is 0.625. The van der Waals surface area contributed by atoms with E-state index in [2.05, 4.69) is 50.0 Å². The second kappa shape index (κ2) is 8.44. The van der Waals surface area contributed by atoms with Gasteiger partial charge in [-0.15, -0.1) is 0 Å². The maximum atomic E-state index is 6.17. The zero-order valence-electron chi connectivity index (χ0n) is 12.7. The highest BCUT2D eigenvalue weighted by molar-refractivity contribution is 6.30. The Labute approximate surface area is 123 Å². The van der Waals surface area contributed by atoms with E-state index in [4.69, 9.17) is 11.6 Å². The SMILES string of the molecule is CCCCN(CC)c1cc(Cl)ccc1CNC(C)C. The summed E-state index contributed by atoms with van der Waals surface area (Å²) in [6, 6.07) is 6.71. The Kier molecular flexibility index (Phi) is 7.25. The van der Waals surface area contributed by atoms with Gasteiger partial charge in [0, 0.05) is 36.4 Å². The predicted octanol–water partition coefficient (Wildman–Crippen LogP) is 4.46. The lowest BCUT2D eigenvalue weighted by Crippen LogP contribution is -2.27. The fourth-order valence-corrected chi connectivity index (χ4v) is 2.26. The summed E-state index contributed by atoms with van der Waals surface area (Å²) in [4.78, 5) is 2.42. The second-order valence-corrected chi connectivity index (χ2v) is 5.68. The predicted molar refractivity (Wildman–Crippen MR) is 86.2 cm³/mol. The number of hydrogen-bond acceptors (Lipinski definition) is 2. The normalized spacial score (nSPS) is 11.1. The maximum Gasteiger partial charge on any atom is 0.0426 e. The Bertz CT molecular complexity index is 377. The highest BCUT2D eigenvalue weighted by Crippen LogP contribution is 2.25. The summed E-state index contributed by atoms with van der Waals surface area (Å²) in [7, 11) is 0. The van der Waals surface area contributed by atoms with Gasteiger partial charge in [-0.3, -0.25) is 0 Å². The van der Waals surface area contributed by atoms with E-state index >= 15 is 0 Å². The summed E-state index contributed by atoms with van der Waals surface area (Å²) in [5.41, 5.74) is 2.60. The van der Waals surface area contributed by atoms with Crippen LogP contribution in [0.3, 0.4) is 0 Å². The van der Waals surface area contributed by atoms with Gasteiger partial charge in [-0.1, -0.05) is 44.9 Å². The standard InChI is InChI=1S/C16H27ClN2/c1-5-7-10-19(6-2)16-11-15(17)9-8-14(16)12-18-13(3)4/h8-9,11,13,18H,5-7,10,12H2,1-4H3. The largest absolute Gasteiger partial charge is 0.372 e. The lowest BCUT2D eigenvalue weighted by atomic mass is 10.1. The summed E-state index contributed by atoms with van der Waals surface area (Å²) in [6.07, 6.45) is 2.44. The molecule has 0 heterocycles. The van der Waals surface area contributed by atoms with E-state index < -0.39 is 0 Å². The average molecular weight is 283 g/mol. The van der Waals surface area contributed by atoms with Crippen molar-refractivity contribution in [2.45, 2.75) is 53.1 Å². The Morgan fingerprint density at radius 2 is 2.00 bits per heavy atom. The van der Waals surface area contributed by atoms with Crippen molar-refractivity contribution in [1.29, 1.82) is 0 Å². The van der Waals surface area contributed by atoms with Gasteiger partial charge in [0.05, 0.1) is 0 Å². The lowest BCUT2D eigenvalue weighted by Gasteiger charge is -2.26. The van der Waals surface area contributed by atoms with Crippen LogP contribution in [0, 0.1) is 0 Å². The molecular formula is C16H27ClN2. The molecule has 0 aliphatic rings. The number of anilines is 1. The van der Waals surface area contributed by atoms with Crippen LogP contribution in [0.25, 0.3) is 0 Å². The molecule has 1 N–H and O–H groups in total. The third-order valence-corrected chi connectivity index (χ3v) is 3.49. The van der Waals surface area contributed by atoms with Gasteiger partial charge >= 0.3 is 0 Å². The molecule has 0 amide bonds. The molecule has 0 saturated heterocycles. The molecule has 0 spiro atoms. The van der Waals surface area contributed by atoms with E-state index in [0.717, 1.165) is 24.7 Å². The molecule has 0 aliphatic heterocycles. The molecule has 0 aliphatic carbocycles. The third kappa shape index (κ3) is 5.42. The second-order valence-electron chi connectivity index (χ2n) is 5.24. The van der Waals surface area contributed by atoms with Crippen LogP contribution in [-0.2, 0) is 6.54 Å². The van der Waals surface area contributed by atoms with E-state index in [1.165, 1.54) is 24.1 Å². The van der Waals surface area contributed by atoms with Gasteiger partial charge < -0.3 is 10.2 Å². The number of unbranched alkanes of at least 4 members (excludes halogenated alkanes) is 1. The van der Waals surface area contributed by atoms with E-state index in [1.54, 1.807) is 0 Å². The quantitative estimate of drug-likeness (QED) is 0.757. The molecule has 19 heavy (non-hydrogen) atoms. The first-order valence-electron chi connectivity index (χ1n) is 7.35. The van der Waals surface area contributed by atoms with Crippen LogP contribution in [0.4, 0.5) is 5.69 Å². The van der Waals surface area contributed by atoms with Crippen molar-refractivity contribution in [1.82, 2.24) is 5.32 Å². The van der Waals surface area contributed by atoms with Crippen molar-refractivity contribution >= 4 is 17.3 Å². The summed E-state index contributed by atoms with van der Waals surface area (Å²) in [6.45, 7) is 11.8. The summed E-state index contributed by atoms with van der Waals surface area (Å²) >= 11 is 6.17. The highest BCUT2D eigenvalue weighted by atomic mass is 35.5. The van der Waals surface area contributed by atoms with E-state index in [0.29, 0.717) is 6.04 Å².